The Balaban J connectivity index is 1.93. The highest BCUT2D eigenvalue weighted by atomic mass is 28.3. The van der Waals surface area contributed by atoms with Gasteiger partial charge in [0.1, 0.15) is 0 Å². The monoisotopic (exact) mass is 251 g/mol. The molecule has 0 saturated heterocycles. The predicted octanol–water partition coefficient (Wildman–Crippen LogP) is 4.15. The van der Waals surface area contributed by atoms with Gasteiger partial charge >= 0.3 is 0 Å². The Labute approximate surface area is 109 Å². The highest BCUT2D eigenvalue weighted by molar-refractivity contribution is 7.01. The lowest BCUT2D eigenvalue weighted by Crippen LogP contribution is -2.41. The van der Waals surface area contributed by atoms with Crippen molar-refractivity contribution in [2.75, 3.05) is 0 Å². The first-order valence-electron chi connectivity index (χ1n) is 6.60. The number of rotatable bonds is 1. The van der Waals surface area contributed by atoms with E-state index in [0.717, 1.165) is 5.54 Å². The maximum atomic E-state index is 2.51. The second-order valence-electron chi connectivity index (χ2n) is 6.03. The Morgan fingerprint density at radius 3 is 2.44 bits per heavy atom. The minimum Gasteiger partial charge on any atom is -0.320 e. The van der Waals surface area contributed by atoms with Gasteiger partial charge < -0.3 is 4.57 Å². The van der Waals surface area contributed by atoms with Gasteiger partial charge in [-0.05, 0) is 30.7 Å². The zero-order valence-electron chi connectivity index (χ0n) is 11.1. The molecule has 90 valence electrons. The lowest BCUT2D eigenvalue weighted by atomic mass is 10.2. The van der Waals surface area contributed by atoms with E-state index in [-0.39, 0.29) is 0 Å². The fourth-order valence-corrected chi connectivity index (χ4v) is 8.46. The van der Waals surface area contributed by atoms with Crippen LogP contribution in [0.15, 0.2) is 48.2 Å². The van der Waals surface area contributed by atoms with Crippen molar-refractivity contribution in [1.82, 2.24) is 4.57 Å². The first-order chi connectivity index (χ1) is 8.62. The molecule has 2 heteroatoms. The molecule has 1 unspecified atom stereocenters. The molecule has 0 fully saturated rings. The maximum Gasteiger partial charge on any atom is 0.0950 e. The molecule has 0 saturated carbocycles. The first kappa shape index (κ1) is 10.4. The summed E-state index contributed by atoms with van der Waals surface area (Å²) in [6.07, 6.45) is 2.24. The van der Waals surface area contributed by atoms with E-state index in [9.17, 15) is 0 Å². The van der Waals surface area contributed by atoms with Crippen molar-refractivity contribution in [3.8, 4) is 5.69 Å². The van der Waals surface area contributed by atoms with Crippen LogP contribution in [-0.4, -0.2) is 12.6 Å². The number of aromatic nitrogens is 1. The van der Waals surface area contributed by atoms with Crippen LogP contribution in [0, 0.1) is 0 Å². The molecular formula is C16H17NSi. The summed E-state index contributed by atoms with van der Waals surface area (Å²) in [6.45, 7) is 7.35. The SMILES string of the molecule is CC1=C2c3ccn(-c4ccccc4)c3C1[Si]2(C)C. The molecule has 1 aromatic carbocycles. The molecule has 1 aliphatic carbocycles. The second kappa shape index (κ2) is 3.07. The number of allylic oxidation sites excluding steroid dienone is 1. The summed E-state index contributed by atoms with van der Waals surface area (Å²) in [5, 5.41) is 1.72. The molecule has 2 aliphatic heterocycles. The van der Waals surface area contributed by atoms with E-state index in [0.29, 0.717) is 0 Å². The van der Waals surface area contributed by atoms with Gasteiger partial charge in [0.05, 0.1) is 8.07 Å². The maximum absolute atomic E-state index is 2.51. The van der Waals surface area contributed by atoms with Crippen LogP contribution in [0.1, 0.15) is 23.7 Å². The fraction of sp³-hybridized carbons (Fsp3) is 0.250. The third-order valence-electron chi connectivity index (χ3n) is 4.70. The predicted molar refractivity (Wildman–Crippen MR) is 78.6 cm³/mol. The minimum atomic E-state index is -1.17. The molecule has 5 rings (SSSR count). The molecule has 3 heterocycles. The number of para-hydroxylation sites is 1. The van der Waals surface area contributed by atoms with Crippen molar-refractivity contribution < 1.29 is 0 Å². The topological polar surface area (TPSA) is 4.93 Å². The van der Waals surface area contributed by atoms with Crippen molar-refractivity contribution in [2.45, 2.75) is 25.6 Å². The summed E-state index contributed by atoms with van der Waals surface area (Å²) < 4.78 is 2.40. The number of hydrogen-bond donors (Lipinski definition) is 0. The molecule has 0 N–H and O–H groups in total. The van der Waals surface area contributed by atoms with E-state index < -0.39 is 8.07 Å². The third kappa shape index (κ3) is 0.989. The quantitative estimate of drug-likeness (QED) is 0.671. The Morgan fingerprint density at radius 2 is 1.78 bits per heavy atom. The van der Waals surface area contributed by atoms with Gasteiger partial charge in [-0.2, -0.15) is 0 Å². The average molecular weight is 251 g/mol. The Kier molecular flexibility index (Phi) is 1.77. The van der Waals surface area contributed by atoms with Gasteiger partial charge in [-0.3, -0.25) is 0 Å². The van der Waals surface area contributed by atoms with E-state index in [1.54, 1.807) is 16.5 Å². The van der Waals surface area contributed by atoms with E-state index in [1.165, 1.54) is 11.3 Å². The van der Waals surface area contributed by atoms with Crippen LogP contribution < -0.4 is 0 Å². The summed E-state index contributed by atoms with van der Waals surface area (Å²) in [5.41, 5.74) is 6.78. The zero-order valence-corrected chi connectivity index (χ0v) is 12.1. The Bertz CT molecular complexity index is 676. The number of hydrogen-bond acceptors (Lipinski definition) is 0. The van der Waals surface area contributed by atoms with Crippen LogP contribution >= 0.6 is 0 Å². The highest BCUT2D eigenvalue weighted by Gasteiger charge is 2.56. The lowest BCUT2D eigenvalue weighted by Gasteiger charge is -2.39. The third-order valence-corrected chi connectivity index (χ3v) is 8.80. The smallest absolute Gasteiger partial charge is 0.0950 e. The lowest BCUT2D eigenvalue weighted by molar-refractivity contribution is 0.914. The van der Waals surface area contributed by atoms with Crippen molar-refractivity contribution in [3.63, 3.8) is 0 Å². The van der Waals surface area contributed by atoms with Crippen LogP contribution in [0.3, 0.4) is 0 Å². The van der Waals surface area contributed by atoms with Gasteiger partial charge in [0.25, 0.3) is 0 Å². The van der Waals surface area contributed by atoms with Crippen LogP contribution in [-0.2, 0) is 0 Å². The molecule has 2 aromatic rings. The van der Waals surface area contributed by atoms with Crippen molar-refractivity contribution in [3.05, 3.63) is 59.4 Å². The molecule has 2 bridgehead atoms. The molecule has 1 nitrogen and oxygen atoms in total. The van der Waals surface area contributed by atoms with E-state index in [2.05, 4.69) is 67.2 Å². The van der Waals surface area contributed by atoms with Crippen molar-refractivity contribution >= 4 is 13.3 Å². The van der Waals surface area contributed by atoms with Gasteiger partial charge in [-0.25, -0.2) is 0 Å². The highest BCUT2D eigenvalue weighted by Crippen LogP contribution is 2.61. The largest absolute Gasteiger partial charge is 0.320 e. The Hall–Kier alpha value is -1.54. The van der Waals surface area contributed by atoms with E-state index >= 15 is 0 Å². The van der Waals surface area contributed by atoms with E-state index in [1.807, 2.05) is 0 Å². The summed E-state index contributed by atoms with van der Waals surface area (Å²) in [5.74, 6) is 0. The van der Waals surface area contributed by atoms with Crippen molar-refractivity contribution in [2.24, 2.45) is 0 Å². The van der Waals surface area contributed by atoms with Crippen molar-refractivity contribution in [1.29, 1.82) is 0 Å². The molecular weight excluding hydrogens is 234 g/mol. The molecule has 1 atom stereocenters. The normalized spacial score (nSPS) is 22.9. The van der Waals surface area contributed by atoms with Gasteiger partial charge in [-0.1, -0.05) is 42.1 Å². The molecule has 0 amide bonds. The Morgan fingerprint density at radius 1 is 1.06 bits per heavy atom. The standard InChI is InChI=1S/C16H17NSi/c1-11-15-13-9-10-17(12-7-5-4-6-8-12)14(13)16(11)18(15,2)3/h4-10,16H,1-3H3. The molecule has 0 radical (unpaired) electrons. The van der Waals surface area contributed by atoms with Gasteiger partial charge in [0, 0.05) is 23.1 Å². The first-order valence-corrected chi connectivity index (χ1v) is 9.68. The number of benzene rings is 1. The zero-order chi connectivity index (χ0) is 12.5. The van der Waals surface area contributed by atoms with Crippen LogP contribution in [0.5, 0.6) is 0 Å². The fourth-order valence-electron chi connectivity index (χ4n) is 4.13. The van der Waals surface area contributed by atoms with Crippen LogP contribution in [0.2, 0.25) is 13.1 Å². The molecule has 1 aromatic heterocycles. The molecule has 0 spiro atoms. The molecule has 3 aliphatic rings. The van der Waals surface area contributed by atoms with E-state index in [4.69, 9.17) is 0 Å². The summed E-state index contributed by atoms with van der Waals surface area (Å²) >= 11 is 0. The minimum absolute atomic E-state index is 0.748. The summed E-state index contributed by atoms with van der Waals surface area (Å²) in [6, 6.07) is 13.0. The van der Waals surface area contributed by atoms with Crippen LogP contribution in [0.25, 0.3) is 10.9 Å². The average Bonchev–Trinajstić information content (AvgIpc) is 2.93. The van der Waals surface area contributed by atoms with Crippen LogP contribution in [0.4, 0.5) is 0 Å². The number of nitrogens with zero attached hydrogens (tertiary/aromatic N) is 1. The summed E-state index contributed by atoms with van der Waals surface area (Å²) in [7, 11) is -1.17. The second-order valence-corrected chi connectivity index (χ2v) is 10.6. The van der Waals surface area contributed by atoms with Gasteiger partial charge in [0.15, 0.2) is 0 Å². The van der Waals surface area contributed by atoms with Gasteiger partial charge in [0.2, 0.25) is 0 Å². The molecule has 18 heavy (non-hydrogen) atoms. The van der Waals surface area contributed by atoms with Gasteiger partial charge in [-0.15, -0.1) is 0 Å². The summed E-state index contributed by atoms with van der Waals surface area (Å²) in [4.78, 5) is 0.